The lowest BCUT2D eigenvalue weighted by Crippen LogP contribution is -2.50. The number of nitrogens with zero attached hydrogens (tertiary/aromatic N) is 2. The van der Waals surface area contributed by atoms with E-state index in [1.807, 2.05) is 30.4 Å². The third-order valence-corrected chi connectivity index (χ3v) is 5.13. The molecule has 0 amide bonds. The van der Waals surface area contributed by atoms with E-state index >= 15 is 0 Å². The summed E-state index contributed by atoms with van der Waals surface area (Å²) in [5, 5.41) is 3.35. The van der Waals surface area contributed by atoms with Crippen LogP contribution in [0, 0.1) is 5.82 Å². The maximum Gasteiger partial charge on any atom is 0.123 e. The smallest absolute Gasteiger partial charge is 0.123 e. The van der Waals surface area contributed by atoms with Crippen molar-refractivity contribution < 1.29 is 4.39 Å². The molecule has 1 saturated heterocycles. The van der Waals surface area contributed by atoms with E-state index in [0.29, 0.717) is 22.6 Å². The van der Waals surface area contributed by atoms with Crippen LogP contribution in [0.3, 0.4) is 0 Å². The summed E-state index contributed by atoms with van der Waals surface area (Å²) in [6.45, 7) is 17.4. The zero-order valence-corrected chi connectivity index (χ0v) is 18.9. The van der Waals surface area contributed by atoms with Gasteiger partial charge in [-0.05, 0) is 49.3 Å². The molecule has 1 aromatic rings. The second kappa shape index (κ2) is 12.2. The first-order valence-electron chi connectivity index (χ1n) is 10.3. The fourth-order valence-electron chi connectivity index (χ4n) is 3.47. The Morgan fingerprint density at radius 2 is 1.87 bits per heavy atom. The molecule has 2 rings (SSSR count). The zero-order chi connectivity index (χ0) is 22.8. The van der Waals surface area contributed by atoms with Crippen LogP contribution in [0.4, 0.5) is 4.39 Å². The number of nitrogens with two attached hydrogens (primary N) is 1. The van der Waals surface area contributed by atoms with Crippen LogP contribution >= 0.6 is 11.6 Å². The minimum atomic E-state index is -0.196. The normalized spacial score (nSPS) is 18.0. The molecular weight excluding hydrogens is 411 g/mol. The minimum absolute atomic E-state index is 0.196. The highest BCUT2D eigenvalue weighted by Crippen LogP contribution is 2.18. The molecule has 166 valence electrons. The van der Waals surface area contributed by atoms with Crippen molar-refractivity contribution in [2.75, 3.05) is 19.6 Å². The number of allylic oxidation sites excluding steroid dienone is 6. The summed E-state index contributed by atoms with van der Waals surface area (Å²) in [5.74, 6) is 0.125. The molecule has 1 unspecified atom stereocenters. The molecule has 1 fully saturated rings. The summed E-state index contributed by atoms with van der Waals surface area (Å²) in [6.07, 6.45) is 10.3. The Morgan fingerprint density at radius 1 is 1.19 bits per heavy atom. The fourth-order valence-corrected chi connectivity index (χ4v) is 3.69. The van der Waals surface area contributed by atoms with E-state index < -0.39 is 0 Å². The van der Waals surface area contributed by atoms with E-state index in [9.17, 15) is 4.39 Å². The molecule has 0 spiro atoms. The van der Waals surface area contributed by atoms with Crippen LogP contribution in [0.25, 0.3) is 0 Å². The topological polar surface area (TPSA) is 44.5 Å². The molecule has 1 aromatic carbocycles. The zero-order valence-electron chi connectivity index (χ0n) is 18.2. The molecule has 1 aliphatic heterocycles. The number of halogens is 2. The van der Waals surface area contributed by atoms with Crippen molar-refractivity contribution in [3.05, 3.63) is 108 Å². The summed E-state index contributed by atoms with van der Waals surface area (Å²) in [5.41, 5.74) is 8.18. The van der Waals surface area contributed by atoms with Crippen molar-refractivity contribution >= 4 is 11.6 Å². The van der Waals surface area contributed by atoms with Crippen molar-refractivity contribution in [1.82, 2.24) is 15.1 Å². The van der Waals surface area contributed by atoms with Gasteiger partial charge in [0, 0.05) is 48.6 Å². The standard InChI is InChI=1S/C25H32ClFN4/c1-19(29-22(4)28)16-24(26)9-7-5-6-8-20(2)31-15-14-30(17-21(31)3)18-23-10-12-25(27)13-11-23/h6-13,16,21,29H,1-2,4-5,14-15,17-18,28H2,3H3/b8-6+,9-7-,24-16+. The van der Waals surface area contributed by atoms with Crippen LogP contribution in [0.1, 0.15) is 18.9 Å². The second-order valence-electron chi connectivity index (χ2n) is 7.64. The SMILES string of the molecule is C=C(N)NC(=C)/C=C(Cl)\C=C/C/C=C/C(=C)N1CCN(Cc2ccc(F)cc2)CC1C. The van der Waals surface area contributed by atoms with Gasteiger partial charge in [-0.1, -0.05) is 55.6 Å². The van der Waals surface area contributed by atoms with E-state index in [0.717, 1.165) is 43.9 Å². The van der Waals surface area contributed by atoms with E-state index in [1.165, 1.54) is 12.1 Å². The molecule has 1 heterocycles. The summed E-state index contributed by atoms with van der Waals surface area (Å²) in [6, 6.07) is 7.09. The molecule has 4 nitrogen and oxygen atoms in total. The van der Waals surface area contributed by atoms with Gasteiger partial charge < -0.3 is 16.0 Å². The number of rotatable bonds is 10. The lowest BCUT2D eigenvalue weighted by Gasteiger charge is -2.41. The van der Waals surface area contributed by atoms with Crippen LogP contribution < -0.4 is 11.1 Å². The highest BCUT2D eigenvalue weighted by atomic mass is 35.5. The molecule has 3 N–H and O–H groups in total. The average Bonchev–Trinajstić information content (AvgIpc) is 2.68. The second-order valence-corrected chi connectivity index (χ2v) is 8.08. The highest BCUT2D eigenvalue weighted by molar-refractivity contribution is 6.31. The van der Waals surface area contributed by atoms with Crippen LogP contribution in [0.15, 0.2) is 96.6 Å². The van der Waals surface area contributed by atoms with Crippen molar-refractivity contribution in [1.29, 1.82) is 0 Å². The summed E-state index contributed by atoms with van der Waals surface area (Å²) < 4.78 is 13.1. The molecule has 1 aliphatic rings. The number of hydrogen-bond acceptors (Lipinski definition) is 4. The van der Waals surface area contributed by atoms with Gasteiger partial charge in [-0.15, -0.1) is 0 Å². The third-order valence-electron chi connectivity index (χ3n) is 4.89. The van der Waals surface area contributed by atoms with Crippen molar-refractivity contribution in [3.63, 3.8) is 0 Å². The van der Waals surface area contributed by atoms with E-state index in [4.69, 9.17) is 17.3 Å². The molecule has 1 atom stereocenters. The number of hydrogen-bond donors (Lipinski definition) is 2. The first kappa shape index (κ1) is 24.5. The molecule has 0 aliphatic carbocycles. The van der Waals surface area contributed by atoms with Crippen molar-refractivity contribution in [2.45, 2.75) is 25.9 Å². The van der Waals surface area contributed by atoms with Crippen LogP contribution in [0.2, 0.25) is 0 Å². The van der Waals surface area contributed by atoms with Gasteiger partial charge in [0.25, 0.3) is 0 Å². The monoisotopic (exact) mass is 442 g/mol. The van der Waals surface area contributed by atoms with E-state index in [2.05, 4.69) is 47.9 Å². The summed E-state index contributed by atoms with van der Waals surface area (Å²) in [4.78, 5) is 4.72. The molecule has 6 heteroatoms. The highest BCUT2D eigenvalue weighted by Gasteiger charge is 2.23. The Hall–Kier alpha value is -2.76. The first-order chi connectivity index (χ1) is 14.7. The molecule has 0 bridgehead atoms. The van der Waals surface area contributed by atoms with Gasteiger partial charge in [-0.25, -0.2) is 4.39 Å². The summed E-state index contributed by atoms with van der Waals surface area (Å²) >= 11 is 6.15. The van der Waals surface area contributed by atoms with Gasteiger partial charge in [-0.3, -0.25) is 4.90 Å². The Kier molecular flexibility index (Phi) is 9.63. The lowest BCUT2D eigenvalue weighted by atomic mass is 10.1. The van der Waals surface area contributed by atoms with Gasteiger partial charge in [0.1, 0.15) is 5.82 Å². The maximum absolute atomic E-state index is 13.1. The fraction of sp³-hybridized carbons (Fsp3) is 0.280. The number of nitrogens with one attached hydrogen (secondary N) is 1. The predicted octanol–water partition coefficient (Wildman–Crippen LogP) is 5.00. The Morgan fingerprint density at radius 3 is 2.52 bits per heavy atom. The molecular formula is C25H32ClFN4. The third kappa shape index (κ3) is 8.87. The van der Waals surface area contributed by atoms with Gasteiger partial charge in [0.15, 0.2) is 0 Å². The van der Waals surface area contributed by atoms with Crippen molar-refractivity contribution in [2.24, 2.45) is 5.73 Å². The van der Waals surface area contributed by atoms with Crippen LogP contribution in [-0.2, 0) is 6.54 Å². The minimum Gasteiger partial charge on any atom is -0.386 e. The quantitative estimate of drug-likeness (QED) is 0.500. The predicted molar refractivity (Wildman–Crippen MR) is 129 cm³/mol. The average molecular weight is 443 g/mol. The Bertz CT molecular complexity index is 870. The largest absolute Gasteiger partial charge is 0.386 e. The first-order valence-corrected chi connectivity index (χ1v) is 10.7. The van der Waals surface area contributed by atoms with Gasteiger partial charge in [-0.2, -0.15) is 0 Å². The molecule has 0 saturated carbocycles. The molecule has 0 radical (unpaired) electrons. The van der Waals surface area contributed by atoms with Gasteiger partial charge in [0.05, 0.1) is 5.82 Å². The molecule has 31 heavy (non-hydrogen) atoms. The lowest BCUT2D eigenvalue weighted by molar-refractivity contribution is 0.109. The maximum atomic E-state index is 13.1. The number of benzene rings is 1. The summed E-state index contributed by atoms with van der Waals surface area (Å²) in [7, 11) is 0. The van der Waals surface area contributed by atoms with E-state index in [-0.39, 0.29) is 5.82 Å². The Balaban J connectivity index is 1.77. The van der Waals surface area contributed by atoms with Crippen molar-refractivity contribution in [3.8, 4) is 0 Å². The number of piperazine rings is 1. The van der Waals surface area contributed by atoms with E-state index in [1.54, 1.807) is 6.08 Å². The van der Waals surface area contributed by atoms with Gasteiger partial charge >= 0.3 is 0 Å². The van der Waals surface area contributed by atoms with Gasteiger partial charge in [0.2, 0.25) is 0 Å². The molecule has 0 aromatic heterocycles. The van der Waals surface area contributed by atoms with Crippen LogP contribution in [-0.4, -0.2) is 35.5 Å². The van der Waals surface area contributed by atoms with Crippen LogP contribution in [0.5, 0.6) is 0 Å². The Labute approximate surface area is 190 Å².